The molecule has 0 atom stereocenters. The number of furan rings is 2. The van der Waals surface area contributed by atoms with Gasteiger partial charge in [0, 0.05) is 66.5 Å². The fraction of sp³-hybridized carbons (Fsp3) is 0.0962. The van der Waals surface area contributed by atoms with Crippen LogP contribution in [-0.2, 0) is 16.2 Å². The van der Waals surface area contributed by atoms with Gasteiger partial charge >= 0.3 is 0 Å². The largest absolute Gasteiger partial charge is 0.455 e. The van der Waals surface area contributed by atoms with Crippen LogP contribution in [0.2, 0.25) is 0 Å². The van der Waals surface area contributed by atoms with Gasteiger partial charge in [0.25, 0.3) is 0 Å². The summed E-state index contributed by atoms with van der Waals surface area (Å²) in [6, 6.07) is 134. The number of para-hydroxylation sites is 2. The van der Waals surface area contributed by atoms with Crippen LogP contribution >= 0.6 is 0 Å². The van der Waals surface area contributed by atoms with E-state index in [1.165, 1.54) is 87.3 Å². The summed E-state index contributed by atoms with van der Waals surface area (Å²) in [4.78, 5) is 4.99. The van der Waals surface area contributed by atoms with Crippen molar-refractivity contribution >= 4 is 118 Å². The van der Waals surface area contributed by atoms with Crippen LogP contribution in [0.3, 0.4) is 0 Å². The summed E-state index contributed by atoms with van der Waals surface area (Å²) in [6.07, 6.45) is 0. The van der Waals surface area contributed by atoms with Gasteiger partial charge in [0.2, 0.25) is 0 Å². The molecule has 5 heteroatoms. The second kappa shape index (κ2) is 25.2. The molecular weight excluding hydrogens is 1340 g/mol. The molecule has 0 N–H and O–H groups in total. The average Bonchev–Trinajstić information content (AvgIpc) is 1.50. The third-order valence-corrected chi connectivity index (χ3v) is 28.4. The third-order valence-electron chi connectivity index (χ3n) is 23.6. The smallest absolute Gasteiger partial charge is 0.179 e. The predicted octanol–water partition coefficient (Wildman–Crippen LogP) is 25.5. The lowest BCUT2D eigenvalue weighted by Crippen LogP contribution is -2.74. The van der Waals surface area contributed by atoms with Crippen LogP contribution < -0.4 is 30.5 Å². The van der Waals surface area contributed by atoms with Crippen molar-refractivity contribution in [1.29, 1.82) is 0 Å². The molecule has 2 aliphatic carbocycles. The maximum Gasteiger partial charge on any atom is 0.179 e. The summed E-state index contributed by atoms with van der Waals surface area (Å²) in [5.41, 5.74) is 27.1. The van der Waals surface area contributed by atoms with E-state index in [2.05, 4.69) is 416 Å². The lowest BCUT2D eigenvalue weighted by molar-refractivity contribution is 0.590. The number of benzene rings is 16. The predicted molar refractivity (Wildman–Crippen MR) is 461 cm³/mol. The molecule has 522 valence electrons. The van der Waals surface area contributed by atoms with Crippen LogP contribution in [0.4, 0.5) is 34.1 Å². The van der Waals surface area contributed by atoms with Gasteiger partial charge in [-0.05, 0) is 190 Å². The molecule has 1 spiro atoms. The highest BCUT2D eigenvalue weighted by Gasteiger charge is 2.53. The number of fused-ring (bicyclic) bond motifs is 18. The van der Waals surface area contributed by atoms with Crippen LogP contribution in [0.5, 0.6) is 0 Å². The quantitative estimate of drug-likeness (QED) is 0.0901. The zero-order valence-electron chi connectivity index (χ0n) is 62.3. The lowest BCUT2D eigenvalue weighted by atomic mass is 9.70. The molecule has 2 heterocycles. The zero-order chi connectivity index (χ0) is 73.5. The molecule has 0 saturated carbocycles. The number of rotatable bonds is 12. The maximum absolute atomic E-state index is 7.18. The number of aryl methyl sites for hydroxylation is 1. The van der Waals surface area contributed by atoms with Crippen molar-refractivity contribution in [2.24, 2.45) is 0 Å². The molecule has 0 bridgehead atoms. The molecule has 20 rings (SSSR count). The van der Waals surface area contributed by atoms with Crippen molar-refractivity contribution in [2.45, 2.75) is 64.7 Å². The number of anilines is 6. The minimum atomic E-state index is -2.76. The Bertz CT molecular complexity index is 6460. The Morgan fingerprint density at radius 1 is 0.275 bits per heavy atom. The highest BCUT2D eigenvalue weighted by Crippen LogP contribution is 2.66. The summed E-state index contributed by atoms with van der Waals surface area (Å²) < 4.78 is 14.1. The molecule has 2 aliphatic rings. The van der Waals surface area contributed by atoms with Crippen molar-refractivity contribution in [3.63, 3.8) is 0 Å². The minimum absolute atomic E-state index is 0.0406. The number of nitrogens with zero attached hydrogens (tertiary/aromatic N) is 2. The van der Waals surface area contributed by atoms with Crippen LogP contribution in [0.1, 0.15) is 80.5 Å². The number of hydrogen-bond acceptors (Lipinski definition) is 4. The molecule has 0 fully saturated rings. The Morgan fingerprint density at radius 3 is 1.17 bits per heavy atom. The van der Waals surface area contributed by atoms with Gasteiger partial charge in [0.05, 0.1) is 11.1 Å². The van der Waals surface area contributed by atoms with Crippen LogP contribution in [-0.4, -0.2) is 8.07 Å². The van der Waals surface area contributed by atoms with Crippen LogP contribution in [0, 0.1) is 6.92 Å². The maximum atomic E-state index is 7.18. The first kappa shape index (κ1) is 65.7. The fourth-order valence-electron chi connectivity index (χ4n) is 18.4. The Labute approximate surface area is 638 Å². The van der Waals surface area contributed by atoms with E-state index in [-0.39, 0.29) is 10.8 Å². The molecule has 0 amide bonds. The molecule has 2 aromatic heterocycles. The van der Waals surface area contributed by atoms with E-state index in [1.54, 1.807) is 0 Å². The van der Waals surface area contributed by atoms with Crippen molar-refractivity contribution < 1.29 is 8.83 Å². The third kappa shape index (κ3) is 10.3. The molecule has 0 saturated heterocycles. The van der Waals surface area contributed by atoms with E-state index in [0.717, 1.165) is 106 Å². The first-order chi connectivity index (χ1) is 53.2. The second-order valence-corrected chi connectivity index (χ2v) is 35.7. The molecule has 0 aliphatic heterocycles. The van der Waals surface area contributed by atoms with E-state index < -0.39 is 13.5 Å². The van der Waals surface area contributed by atoms with Gasteiger partial charge < -0.3 is 18.6 Å². The highest BCUT2D eigenvalue weighted by atomic mass is 28.3. The molecule has 4 nitrogen and oxygen atoms in total. The van der Waals surface area contributed by atoms with Gasteiger partial charge in [-0.3, -0.25) is 0 Å². The lowest BCUT2D eigenvalue weighted by Gasteiger charge is -2.34. The topological polar surface area (TPSA) is 32.8 Å². The van der Waals surface area contributed by atoms with Crippen molar-refractivity contribution in [3.05, 3.63) is 397 Å². The summed E-state index contributed by atoms with van der Waals surface area (Å²) in [5.74, 6) is 0. The summed E-state index contributed by atoms with van der Waals surface area (Å²) in [6.45, 7) is 15.9. The summed E-state index contributed by atoms with van der Waals surface area (Å²) >= 11 is 0. The van der Waals surface area contributed by atoms with Crippen LogP contribution in [0.25, 0.3) is 99.2 Å². The van der Waals surface area contributed by atoms with E-state index >= 15 is 0 Å². The van der Waals surface area contributed by atoms with Gasteiger partial charge in [-0.15, -0.1) is 0 Å². The normalized spacial score (nSPS) is 13.0. The molecule has 0 unspecified atom stereocenters. The van der Waals surface area contributed by atoms with E-state index in [1.807, 2.05) is 0 Å². The Morgan fingerprint density at radius 2 is 0.670 bits per heavy atom. The van der Waals surface area contributed by atoms with Crippen LogP contribution in [0.15, 0.2) is 367 Å². The SMILES string of the molecule is Cc1ccc(-c2cccc3c2oc2ccc(N(c4ccc(C(C)(C)C)cc4)c4ccc5c(c4)C4(c6ccccc6-c6ccccc64)c4cc(N(c6ccc(C(C)(C)C)cc6)c6ccc7oc8c(-c9ccc([Si](c%10ccccc%10)(c%10ccccc%10)c%10ccccc%10)cc9)cccc8c7c6)c6ccccc6c4-5)cc23)cc1. The number of hydrogen-bond donors (Lipinski definition) is 0. The van der Waals surface area contributed by atoms with Crippen molar-refractivity contribution in [1.82, 2.24) is 0 Å². The first-order valence-corrected chi connectivity index (χ1v) is 40.2. The van der Waals surface area contributed by atoms with E-state index in [9.17, 15) is 0 Å². The van der Waals surface area contributed by atoms with E-state index in [0.29, 0.717) is 0 Å². The molecule has 109 heavy (non-hydrogen) atoms. The first-order valence-electron chi connectivity index (χ1n) is 38.2. The highest BCUT2D eigenvalue weighted by molar-refractivity contribution is 7.19. The van der Waals surface area contributed by atoms with E-state index in [4.69, 9.17) is 8.83 Å². The standard InChI is InChI=1S/C104H80N2O2Si/c1-67-41-43-68(44-42-67)81-35-23-37-87-90-63-74(56-61-97(90)107-100(81)87)105(72-51-47-70(48-52-72)102(2,3)4)76-55-60-89-94(65-76)104(92-39-21-19-31-83(92)84-32-20-22-40-93(84)104)95-66-96(85-33-17-18-34-86(85)99(89)95)106(73-53-49-71(50-54-73)103(5,6)7)75-57-62-98-91(64-75)88-38-24-36-82(101(88)108-98)69-45-58-80(59-46-69)109(77-25-11-8-12-26-77,78-27-13-9-14-28-78)79-29-15-10-16-30-79/h8-66H,1-7H3. The van der Waals surface area contributed by atoms with Gasteiger partial charge in [-0.1, -0.05) is 326 Å². The summed E-state index contributed by atoms with van der Waals surface area (Å²) in [5, 5.41) is 12.0. The van der Waals surface area contributed by atoms with Gasteiger partial charge in [-0.2, -0.15) is 0 Å². The van der Waals surface area contributed by atoms with Gasteiger partial charge in [0.1, 0.15) is 22.3 Å². The zero-order valence-corrected chi connectivity index (χ0v) is 63.3. The Hall–Kier alpha value is -12.8. The monoisotopic (exact) mass is 1420 g/mol. The molecule has 0 radical (unpaired) electrons. The fourth-order valence-corrected chi connectivity index (χ4v) is 23.1. The van der Waals surface area contributed by atoms with Gasteiger partial charge in [0.15, 0.2) is 8.07 Å². The average molecular weight is 1420 g/mol. The molecular formula is C104H80N2O2Si. The second-order valence-electron chi connectivity index (χ2n) is 31.9. The Kier molecular flexibility index (Phi) is 15.2. The minimum Gasteiger partial charge on any atom is -0.455 e. The van der Waals surface area contributed by atoms with Gasteiger partial charge in [-0.25, -0.2) is 0 Å². The van der Waals surface area contributed by atoms with Crippen molar-refractivity contribution in [3.8, 4) is 44.5 Å². The molecule has 18 aromatic rings. The summed E-state index contributed by atoms with van der Waals surface area (Å²) in [7, 11) is -2.76. The Balaban J connectivity index is 0.774. The van der Waals surface area contributed by atoms with Crippen molar-refractivity contribution in [2.75, 3.05) is 9.80 Å². The molecule has 16 aromatic carbocycles.